The van der Waals surface area contributed by atoms with Crippen LogP contribution in [0.15, 0.2) is 58.3 Å². The van der Waals surface area contributed by atoms with Gasteiger partial charge in [0.1, 0.15) is 17.1 Å². The fourth-order valence-electron chi connectivity index (χ4n) is 3.82. The first kappa shape index (κ1) is 19.8. The number of aromatic nitrogens is 2. The Kier molecular flexibility index (Phi) is 5.21. The molecule has 7 nitrogen and oxygen atoms in total. The Bertz CT molecular complexity index is 1270. The predicted molar refractivity (Wildman–Crippen MR) is 124 cm³/mol. The second-order valence-electron chi connectivity index (χ2n) is 7.37. The Morgan fingerprint density at radius 3 is 2.55 bits per heavy atom. The molecule has 9 heteroatoms. The van der Waals surface area contributed by atoms with Crippen molar-refractivity contribution in [1.29, 1.82) is 0 Å². The monoisotopic (exact) mass is 452 g/mol. The van der Waals surface area contributed by atoms with Crippen molar-refractivity contribution in [3.63, 3.8) is 0 Å². The van der Waals surface area contributed by atoms with Crippen LogP contribution in [0, 0.1) is 0 Å². The molecule has 0 bridgehead atoms. The number of hydrogen-bond acceptors (Lipinski definition) is 7. The average Bonchev–Trinajstić information content (AvgIpc) is 3.46. The van der Waals surface area contributed by atoms with Gasteiger partial charge in [-0.05, 0) is 35.7 Å². The summed E-state index contributed by atoms with van der Waals surface area (Å²) in [4.78, 5) is 36.1. The fraction of sp³-hybridized carbons (Fsp3) is 0.227. The topological polar surface area (TPSA) is 78.7 Å². The molecule has 1 aliphatic heterocycles. The minimum Gasteiger partial charge on any atom is -0.508 e. The minimum atomic E-state index is -0.175. The summed E-state index contributed by atoms with van der Waals surface area (Å²) in [6.45, 7) is 2.57. The molecule has 1 saturated heterocycles. The van der Waals surface area contributed by atoms with E-state index in [2.05, 4.69) is 9.88 Å². The normalized spacial score (nSPS) is 14.3. The van der Waals surface area contributed by atoms with Gasteiger partial charge < -0.3 is 14.9 Å². The lowest BCUT2D eigenvalue weighted by Crippen LogP contribution is -2.50. The van der Waals surface area contributed by atoms with E-state index in [1.807, 2.05) is 35.0 Å². The van der Waals surface area contributed by atoms with E-state index in [-0.39, 0.29) is 23.8 Å². The number of nitrogens with zero attached hydrogens (tertiary/aromatic N) is 4. The van der Waals surface area contributed by atoms with Gasteiger partial charge in [-0.1, -0.05) is 6.07 Å². The van der Waals surface area contributed by atoms with Gasteiger partial charge in [0.25, 0.3) is 5.56 Å². The van der Waals surface area contributed by atoms with E-state index >= 15 is 0 Å². The number of phenols is 1. The van der Waals surface area contributed by atoms with E-state index in [1.165, 1.54) is 22.2 Å². The lowest BCUT2D eigenvalue weighted by atomic mass is 10.2. The number of anilines is 1. The maximum Gasteiger partial charge on any atom is 0.263 e. The molecule has 4 aromatic rings. The van der Waals surface area contributed by atoms with Crippen molar-refractivity contribution in [3.05, 3.63) is 63.8 Å². The smallest absolute Gasteiger partial charge is 0.263 e. The van der Waals surface area contributed by atoms with Crippen LogP contribution in [0.2, 0.25) is 0 Å². The van der Waals surface area contributed by atoms with Crippen molar-refractivity contribution in [3.8, 4) is 16.2 Å². The average molecular weight is 453 g/mol. The number of aromatic hydroxyl groups is 1. The van der Waals surface area contributed by atoms with E-state index in [9.17, 15) is 14.7 Å². The molecule has 0 radical (unpaired) electrons. The van der Waals surface area contributed by atoms with E-state index in [0.29, 0.717) is 36.4 Å². The van der Waals surface area contributed by atoms with E-state index in [1.54, 1.807) is 28.4 Å². The number of benzene rings is 1. The molecule has 5 rings (SSSR count). The van der Waals surface area contributed by atoms with Crippen LogP contribution >= 0.6 is 22.7 Å². The summed E-state index contributed by atoms with van der Waals surface area (Å²) in [5.41, 5.74) is 1.73. The number of amides is 1. The highest BCUT2D eigenvalue weighted by Crippen LogP contribution is 2.33. The molecule has 0 saturated carbocycles. The van der Waals surface area contributed by atoms with Crippen LogP contribution < -0.4 is 10.5 Å². The molecule has 1 amide bonds. The first-order valence-corrected chi connectivity index (χ1v) is 11.7. The van der Waals surface area contributed by atoms with E-state index in [0.717, 1.165) is 16.1 Å². The summed E-state index contributed by atoms with van der Waals surface area (Å²) in [7, 11) is 0. The molecule has 31 heavy (non-hydrogen) atoms. The molecule has 0 atom stereocenters. The molecule has 0 spiro atoms. The standard InChI is InChI=1S/C22H20N4O3S2/c27-16-5-3-15(4-6-16)24-7-9-25(10-8-24)19(28)12-26-14-23-21-20(22(26)29)17(13-31-21)18-2-1-11-30-18/h1-6,11,13-14,27H,7-10,12H2. The molecule has 0 unspecified atom stereocenters. The minimum absolute atomic E-state index is 0.0132. The van der Waals surface area contributed by atoms with Crippen LogP contribution in [0.3, 0.4) is 0 Å². The van der Waals surface area contributed by atoms with Crippen molar-refractivity contribution in [2.45, 2.75) is 6.54 Å². The largest absolute Gasteiger partial charge is 0.508 e. The van der Waals surface area contributed by atoms with Crippen molar-refractivity contribution in [2.75, 3.05) is 31.1 Å². The maximum absolute atomic E-state index is 13.1. The molecule has 0 aliphatic carbocycles. The molecule has 3 aromatic heterocycles. The van der Waals surface area contributed by atoms with Gasteiger partial charge in [0.15, 0.2) is 0 Å². The molecule has 4 heterocycles. The Morgan fingerprint density at radius 2 is 1.84 bits per heavy atom. The fourth-order valence-corrected chi connectivity index (χ4v) is 5.54. The van der Waals surface area contributed by atoms with Gasteiger partial charge in [-0.2, -0.15) is 0 Å². The van der Waals surface area contributed by atoms with Gasteiger partial charge in [0.2, 0.25) is 5.91 Å². The highest BCUT2D eigenvalue weighted by Gasteiger charge is 2.22. The van der Waals surface area contributed by atoms with Gasteiger partial charge in [0, 0.05) is 47.7 Å². The molecule has 158 valence electrons. The second-order valence-corrected chi connectivity index (χ2v) is 9.17. The highest BCUT2D eigenvalue weighted by atomic mass is 32.1. The Balaban J connectivity index is 1.31. The summed E-state index contributed by atoms with van der Waals surface area (Å²) in [5.74, 6) is 0.156. The van der Waals surface area contributed by atoms with Crippen LogP contribution in [0.5, 0.6) is 5.75 Å². The Hall–Kier alpha value is -3.17. The lowest BCUT2D eigenvalue weighted by molar-refractivity contribution is -0.132. The van der Waals surface area contributed by atoms with Gasteiger partial charge in [-0.3, -0.25) is 14.2 Å². The summed E-state index contributed by atoms with van der Waals surface area (Å²) in [6, 6.07) is 11.0. The quantitative estimate of drug-likeness (QED) is 0.514. The SMILES string of the molecule is O=C(Cn1cnc2scc(-c3cccs3)c2c1=O)N1CCN(c2ccc(O)cc2)CC1. The van der Waals surface area contributed by atoms with Gasteiger partial charge in [-0.15, -0.1) is 22.7 Å². The lowest BCUT2D eigenvalue weighted by Gasteiger charge is -2.36. The van der Waals surface area contributed by atoms with Gasteiger partial charge >= 0.3 is 0 Å². The number of thiophene rings is 2. The van der Waals surface area contributed by atoms with Crippen LogP contribution in [-0.2, 0) is 11.3 Å². The molecular formula is C22H20N4O3S2. The Labute approximate surface area is 186 Å². The predicted octanol–water partition coefficient (Wildman–Crippen LogP) is 3.24. The van der Waals surface area contributed by atoms with Crippen molar-refractivity contribution in [1.82, 2.24) is 14.5 Å². The third-order valence-corrected chi connectivity index (χ3v) is 7.29. The molecule has 1 N–H and O–H groups in total. The van der Waals surface area contributed by atoms with Crippen LogP contribution in [0.25, 0.3) is 20.7 Å². The van der Waals surface area contributed by atoms with Crippen molar-refractivity contribution < 1.29 is 9.90 Å². The summed E-state index contributed by atoms with van der Waals surface area (Å²) < 4.78 is 1.42. The zero-order valence-corrected chi connectivity index (χ0v) is 18.2. The molecule has 1 fully saturated rings. The summed E-state index contributed by atoms with van der Waals surface area (Å²) >= 11 is 3.03. The zero-order chi connectivity index (χ0) is 21.4. The number of phenolic OH excluding ortho intramolecular Hbond substituents is 1. The van der Waals surface area contributed by atoms with E-state index in [4.69, 9.17) is 0 Å². The van der Waals surface area contributed by atoms with E-state index < -0.39 is 0 Å². The molecular weight excluding hydrogens is 432 g/mol. The maximum atomic E-state index is 13.1. The zero-order valence-electron chi connectivity index (χ0n) is 16.6. The number of fused-ring (bicyclic) bond motifs is 1. The Morgan fingerprint density at radius 1 is 1.06 bits per heavy atom. The van der Waals surface area contributed by atoms with Crippen molar-refractivity contribution >= 4 is 44.5 Å². The molecule has 1 aliphatic rings. The third kappa shape index (κ3) is 3.82. The molecule has 1 aromatic carbocycles. The first-order valence-electron chi connectivity index (χ1n) is 9.92. The summed E-state index contributed by atoms with van der Waals surface area (Å²) in [5, 5.41) is 14.0. The van der Waals surface area contributed by atoms with Gasteiger partial charge in [-0.25, -0.2) is 4.98 Å². The number of rotatable bonds is 4. The number of hydrogen-bond donors (Lipinski definition) is 1. The number of carbonyl (C=O) groups is 1. The summed E-state index contributed by atoms with van der Waals surface area (Å²) in [6.07, 6.45) is 1.48. The van der Waals surface area contributed by atoms with Gasteiger partial charge in [0.05, 0.1) is 11.7 Å². The highest BCUT2D eigenvalue weighted by molar-refractivity contribution is 7.18. The van der Waals surface area contributed by atoms with Crippen molar-refractivity contribution in [2.24, 2.45) is 0 Å². The first-order chi connectivity index (χ1) is 15.1. The van der Waals surface area contributed by atoms with Crippen LogP contribution in [-0.4, -0.2) is 51.6 Å². The number of piperazine rings is 1. The number of carbonyl (C=O) groups excluding carboxylic acids is 1. The van der Waals surface area contributed by atoms with Crippen LogP contribution in [0.1, 0.15) is 0 Å². The van der Waals surface area contributed by atoms with Crippen LogP contribution in [0.4, 0.5) is 5.69 Å². The second kappa shape index (κ2) is 8.16. The third-order valence-electron chi connectivity index (χ3n) is 5.50.